The van der Waals surface area contributed by atoms with Crippen LogP contribution in [0, 0.1) is 0 Å². The van der Waals surface area contributed by atoms with Crippen molar-refractivity contribution in [2.75, 3.05) is 18.4 Å². The van der Waals surface area contributed by atoms with E-state index in [2.05, 4.69) is 17.2 Å². The number of hydrogen-bond donors (Lipinski definition) is 1. The lowest BCUT2D eigenvalue weighted by Gasteiger charge is -2.24. The summed E-state index contributed by atoms with van der Waals surface area (Å²) >= 11 is 0. The molecule has 18 heavy (non-hydrogen) atoms. The van der Waals surface area contributed by atoms with Crippen molar-refractivity contribution in [2.24, 2.45) is 0 Å². The molecule has 0 bridgehead atoms. The van der Waals surface area contributed by atoms with Gasteiger partial charge in [-0.1, -0.05) is 6.92 Å². The number of rotatable bonds is 6. The van der Waals surface area contributed by atoms with Crippen LogP contribution in [0.25, 0.3) is 0 Å². The average Bonchev–Trinajstić information content (AvgIpc) is 2.37. The molecule has 4 nitrogen and oxygen atoms in total. The van der Waals surface area contributed by atoms with Gasteiger partial charge in [0.25, 0.3) is 5.91 Å². The van der Waals surface area contributed by atoms with E-state index in [0.29, 0.717) is 12.2 Å². The molecule has 0 saturated heterocycles. The van der Waals surface area contributed by atoms with Gasteiger partial charge in [-0.15, -0.1) is 0 Å². The van der Waals surface area contributed by atoms with E-state index in [-0.39, 0.29) is 11.9 Å². The summed E-state index contributed by atoms with van der Waals surface area (Å²) in [5, 5.41) is 3.27. The monoisotopic (exact) mass is 249 g/mol. The maximum absolute atomic E-state index is 12.3. The van der Waals surface area contributed by atoms with Crippen molar-refractivity contribution >= 4 is 11.6 Å². The van der Waals surface area contributed by atoms with Crippen molar-refractivity contribution in [1.82, 2.24) is 9.88 Å². The Labute approximate surface area is 109 Å². The summed E-state index contributed by atoms with van der Waals surface area (Å²) in [6, 6.07) is 3.90. The smallest absolute Gasteiger partial charge is 0.272 e. The van der Waals surface area contributed by atoms with E-state index < -0.39 is 0 Å². The summed E-state index contributed by atoms with van der Waals surface area (Å²) in [6.45, 7) is 9.72. The molecule has 1 heterocycles. The van der Waals surface area contributed by atoms with Gasteiger partial charge in [0.15, 0.2) is 0 Å². The molecule has 0 spiro atoms. The average molecular weight is 249 g/mol. The van der Waals surface area contributed by atoms with Crippen molar-refractivity contribution in [3.63, 3.8) is 0 Å². The molecule has 1 aromatic heterocycles. The third kappa shape index (κ3) is 3.72. The molecule has 1 aromatic rings. The van der Waals surface area contributed by atoms with E-state index >= 15 is 0 Å². The second kappa shape index (κ2) is 6.99. The van der Waals surface area contributed by atoms with Crippen LogP contribution in [0.2, 0.25) is 0 Å². The fraction of sp³-hybridized carbons (Fsp3) is 0.571. The van der Waals surface area contributed by atoms with Gasteiger partial charge in [0.05, 0.1) is 0 Å². The van der Waals surface area contributed by atoms with Crippen LogP contribution < -0.4 is 5.32 Å². The zero-order valence-corrected chi connectivity index (χ0v) is 11.7. The molecule has 0 aliphatic rings. The molecule has 0 atom stereocenters. The zero-order valence-electron chi connectivity index (χ0n) is 11.7. The lowest BCUT2D eigenvalue weighted by atomic mass is 10.2. The molecule has 0 aromatic carbocycles. The Morgan fingerprint density at radius 2 is 2.17 bits per heavy atom. The minimum absolute atomic E-state index is 0.00681. The number of carbonyl (C=O) groups excluding carboxylic acids is 1. The Kier molecular flexibility index (Phi) is 5.62. The molecule has 0 aliphatic heterocycles. The Balaban J connectivity index is 2.85. The molecule has 1 rings (SSSR count). The molecule has 0 aliphatic carbocycles. The van der Waals surface area contributed by atoms with Gasteiger partial charge in [0, 0.05) is 31.0 Å². The normalized spacial score (nSPS) is 10.5. The van der Waals surface area contributed by atoms with Gasteiger partial charge in [-0.3, -0.25) is 9.78 Å². The van der Waals surface area contributed by atoms with Crippen molar-refractivity contribution in [3.8, 4) is 0 Å². The molecule has 1 N–H and O–H groups in total. The molecule has 0 radical (unpaired) electrons. The minimum Gasteiger partial charge on any atom is -0.385 e. The fourth-order valence-electron chi connectivity index (χ4n) is 1.82. The Morgan fingerprint density at radius 1 is 1.44 bits per heavy atom. The Bertz CT molecular complexity index is 390. The van der Waals surface area contributed by atoms with E-state index in [9.17, 15) is 4.79 Å². The van der Waals surface area contributed by atoms with Gasteiger partial charge in [-0.2, -0.15) is 0 Å². The van der Waals surface area contributed by atoms with Gasteiger partial charge >= 0.3 is 0 Å². The molecular weight excluding hydrogens is 226 g/mol. The first-order chi connectivity index (χ1) is 8.60. The number of nitrogens with zero attached hydrogens (tertiary/aromatic N) is 2. The maximum atomic E-state index is 12.3. The summed E-state index contributed by atoms with van der Waals surface area (Å²) in [6.07, 6.45) is 2.73. The fourth-order valence-corrected chi connectivity index (χ4v) is 1.82. The molecule has 0 fully saturated rings. The molecular formula is C14H23N3O. The van der Waals surface area contributed by atoms with Crippen LogP contribution in [0.1, 0.15) is 44.6 Å². The van der Waals surface area contributed by atoms with Gasteiger partial charge < -0.3 is 10.2 Å². The van der Waals surface area contributed by atoms with E-state index in [4.69, 9.17) is 0 Å². The van der Waals surface area contributed by atoms with Crippen LogP contribution in [0.15, 0.2) is 18.3 Å². The SMILES string of the molecule is CCCNc1ccnc(C(=O)N(CC)C(C)C)c1. The van der Waals surface area contributed by atoms with E-state index in [1.165, 1.54) is 0 Å². The van der Waals surface area contributed by atoms with E-state index in [1.807, 2.05) is 37.8 Å². The number of hydrogen-bond acceptors (Lipinski definition) is 3. The lowest BCUT2D eigenvalue weighted by Crippen LogP contribution is -2.37. The first kappa shape index (κ1) is 14.5. The minimum atomic E-state index is -0.00681. The molecule has 4 heteroatoms. The third-order valence-corrected chi connectivity index (χ3v) is 2.78. The quantitative estimate of drug-likeness (QED) is 0.843. The van der Waals surface area contributed by atoms with E-state index in [0.717, 1.165) is 18.7 Å². The Hall–Kier alpha value is -1.58. The maximum Gasteiger partial charge on any atom is 0.272 e. The second-order valence-electron chi connectivity index (χ2n) is 4.54. The predicted octanol–water partition coefficient (Wildman–Crippen LogP) is 2.77. The molecule has 0 saturated carbocycles. The van der Waals surface area contributed by atoms with Gasteiger partial charge in [0.1, 0.15) is 5.69 Å². The number of anilines is 1. The number of nitrogens with one attached hydrogen (secondary N) is 1. The number of carbonyl (C=O) groups is 1. The van der Waals surface area contributed by atoms with Crippen molar-refractivity contribution in [3.05, 3.63) is 24.0 Å². The number of pyridine rings is 1. The van der Waals surface area contributed by atoms with Crippen LogP contribution in [0.4, 0.5) is 5.69 Å². The summed E-state index contributed by atoms with van der Waals surface area (Å²) in [5.74, 6) is -0.00681. The highest BCUT2D eigenvalue weighted by Crippen LogP contribution is 2.11. The van der Waals surface area contributed by atoms with Crippen LogP contribution in [-0.2, 0) is 0 Å². The first-order valence-corrected chi connectivity index (χ1v) is 6.61. The van der Waals surface area contributed by atoms with Crippen LogP contribution >= 0.6 is 0 Å². The van der Waals surface area contributed by atoms with Crippen molar-refractivity contribution in [1.29, 1.82) is 0 Å². The van der Waals surface area contributed by atoms with Crippen molar-refractivity contribution < 1.29 is 4.79 Å². The highest BCUT2D eigenvalue weighted by Gasteiger charge is 2.18. The van der Waals surface area contributed by atoms with Gasteiger partial charge in [0.2, 0.25) is 0 Å². The standard InChI is InChI=1S/C14H23N3O/c1-5-8-15-12-7-9-16-13(10-12)14(18)17(6-2)11(3)4/h7,9-11H,5-6,8H2,1-4H3,(H,15,16). The topological polar surface area (TPSA) is 45.2 Å². The molecule has 0 unspecified atom stereocenters. The summed E-state index contributed by atoms with van der Waals surface area (Å²) in [7, 11) is 0. The van der Waals surface area contributed by atoms with Crippen LogP contribution in [0.5, 0.6) is 0 Å². The van der Waals surface area contributed by atoms with Gasteiger partial charge in [-0.05, 0) is 39.3 Å². The summed E-state index contributed by atoms with van der Waals surface area (Å²) < 4.78 is 0. The lowest BCUT2D eigenvalue weighted by molar-refractivity contribution is 0.0711. The van der Waals surface area contributed by atoms with Crippen LogP contribution in [-0.4, -0.2) is 34.9 Å². The number of aromatic nitrogens is 1. The summed E-state index contributed by atoms with van der Waals surface area (Å²) in [5.41, 5.74) is 1.46. The number of amides is 1. The zero-order chi connectivity index (χ0) is 13.5. The van der Waals surface area contributed by atoms with Crippen LogP contribution in [0.3, 0.4) is 0 Å². The van der Waals surface area contributed by atoms with E-state index in [1.54, 1.807) is 6.20 Å². The Morgan fingerprint density at radius 3 is 2.72 bits per heavy atom. The predicted molar refractivity (Wildman–Crippen MR) is 74.9 cm³/mol. The first-order valence-electron chi connectivity index (χ1n) is 6.61. The van der Waals surface area contributed by atoms with Gasteiger partial charge in [-0.25, -0.2) is 0 Å². The summed E-state index contributed by atoms with van der Waals surface area (Å²) in [4.78, 5) is 18.3. The highest BCUT2D eigenvalue weighted by molar-refractivity contribution is 5.93. The molecule has 1 amide bonds. The highest BCUT2D eigenvalue weighted by atomic mass is 16.2. The molecule has 100 valence electrons. The largest absolute Gasteiger partial charge is 0.385 e. The van der Waals surface area contributed by atoms with Crippen molar-refractivity contribution in [2.45, 2.75) is 40.2 Å². The third-order valence-electron chi connectivity index (χ3n) is 2.78. The second-order valence-corrected chi connectivity index (χ2v) is 4.54.